The van der Waals surface area contributed by atoms with Gasteiger partial charge in [0.05, 0.1) is 13.2 Å². The number of benzene rings is 1. The molecule has 7 heteroatoms. The summed E-state index contributed by atoms with van der Waals surface area (Å²) in [7, 11) is 3.51. The molecule has 1 aromatic carbocycles. The molecule has 1 aliphatic rings. The van der Waals surface area contributed by atoms with Gasteiger partial charge in [-0.25, -0.2) is 0 Å². The molecule has 0 aromatic heterocycles. The molecule has 170 valence electrons. The molecule has 7 nitrogen and oxygen atoms in total. The number of piperazine rings is 1. The van der Waals surface area contributed by atoms with Crippen molar-refractivity contribution in [1.29, 1.82) is 0 Å². The van der Waals surface area contributed by atoms with E-state index in [1.54, 1.807) is 7.11 Å². The minimum absolute atomic E-state index is 0.653. The Morgan fingerprint density at radius 1 is 0.900 bits per heavy atom. The van der Waals surface area contributed by atoms with Crippen LogP contribution in [0.5, 0.6) is 0 Å². The molecule has 0 bridgehead atoms. The van der Waals surface area contributed by atoms with Crippen LogP contribution in [0.4, 0.5) is 0 Å². The second kappa shape index (κ2) is 16.1. The predicted molar refractivity (Wildman–Crippen MR) is 124 cm³/mol. The third kappa shape index (κ3) is 10.9. The highest BCUT2D eigenvalue weighted by Crippen LogP contribution is 2.08. The predicted octanol–water partition coefficient (Wildman–Crippen LogP) is 1.80. The third-order valence-corrected chi connectivity index (χ3v) is 5.32. The lowest BCUT2D eigenvalue weighted by atomic mass is 10.2. The molecule has 1 aromatic rings. The molecular formula is C23H41N5O2. The molecular weight excluding hydrogens is 378 g/mol. The lowest BCUT2D eigenvalue weighted by Crippen LogP contribution is -2.46. The van der Waals surface area contributed by atoms with E-state index in [0.717, 1.165) is 45.0 Å². The van der Waals surface area contributed by atoms with Crippen LogP contribution in [0.15, 0.2) is 35.3 Å². The second-order valence-electron chi connectivity index (χ2n) is 7.69. The Morgan fingerprint density at radius 2 is 1.60 bits per heavy atom. The number of nitrogens with one attached hydrogen (secondary N) is 2. The van der Waals surface area contributed by atoms with Crippen LogP contribution in [0.25, 0.3) is 0 Å². The van der Waals surface area contributed by atoms with Crippen molar-refractivity contribution in [2.24, 2.45) is 4.99 Å². The molecule has 30 heavy (non-hydrogen) atoms. The largest absolute Gasteiger partial charge is 0.382 e. The molecule has 0 spiro atoms. The maximum absolute atomic E-state index is 5.46. The van der Waals surface area contributed by atoms with Gasteiger partial charge in [0.1, 0.15) is 0 Å². The lowest BCUT2D eigenvalue weighted by molar-refractivity contribution is 0.0698. The molecule has 2 rings (SSSR count). The zero-order valence-electron chi connectivity index (χ0n) is 18.9. The Labute approximate surface area is 182 Å². The molecule has 0 radical (unpaired) electrons. The first-order valence-corrected chi connectivity index (χ1v) is 11.3. The SMILES string of the molecule is CN=C(NCCCCN1CCN(Cc2ccccc2)CC1)NCCCOCCOC. The van der Waals surface area contributed by atoms with E-state index in [2.05, 4.69) is 55.8 Å². The maximum Gasteiger partial charge on any atom is 0.190 e. The van der Waals surface area contributed by atoms with Crippen molar-refractivity contribution in [1.82, 2.24) is 20.4 Å². The number of nitrogens with zero attached hydrogens (tertiary/aromatic N) is 3. The van der Waals surface area contributed by atoms with E-state index in [1.165, 1.54) is 44.7 Å². The van der Waals surface area contributed by atoms with Crippen molar-refractivity contribution in [3.05, 3.63) is 35.9 Å². The standard InChI is InChI=1S/C23H41N5O2/c1-24-23(26-12-8-18-30-20-19-29-2)25-11-6-7-13-27-14-16-28(17-15-27)21-22-9-4-3-5-10-22/h3-5,9-10H,6-8,11-21H2,1-2H3,(H2,24,25,26). The quantitative estimate of drug-likeness (QED) is 0.272. The lowest BCUT2D eigenvalue weighted by Gasteiger charge is -2.34. The number of hydrogen-bond donors (Lipinski definition) is 2. The topological polar surface area (TPSA) is 61.4 Å². The fourth-order valence-corrected chi connectivity index (χ4v) is 3.53. The fourth-order valence-electron chi connectivity index (χ4n) is 3.53. The van der Waals surface area contributed by atoms with Crippen LogP contribution in [0.3, 0.4) is 0 Å². The molecule has 0 unspecified atom stereocenters. The first kappa shape index (κ1) is 24.6. The van der Waals surface area contributed by atoms with Gasteiger partial charge in [0.25, 0.3) is 0 Å². The number of ether oxygens (including phenoxy) is 2. The van der Waals surface area contributed by atoms with Crippen LogP contribution in [0, 0.1) is 0 Å². The summed E-state index contributed by atoms with van der Waals surface area (Å²) in [6, 6.07) is 10.8. The van der Waals surface area contributed by atoms with E-state index >= 15 is 0 Å². The van der Waals surface area contributed by atoms with Crippen LogP contribution in [0.2, 0.25) is 0 Å². The van der Waals surface area contributed by atoms with Gasteiger partial charge in [-0.2, -0.15) is 0 Å². The van der Waals surface area contributed by atoms with Gasteiger partial charge in [-0.15, -0.1) is 0 Å². The Kier molecular flexibility index (Phi) is 13.2. The van der Waals surface area contributed by atoms with Crippen LogP contribution in [0.1, 0.15) is 24.8 Å². The average Bonchev–Trinajstić information content (AvgIpc) is 2.78. The number of methoxy groups -OCH3 is 1. The summed E-state index contributed by atoms with van der Waals surface area (Å²) in [6.45, 7) is 10.8. The number of unbranched alkanes of at least 4 members (excludes halogenated alkanes) is 1. The van der Waals surface area contributed by atoms with Gasteiger partial charge in [0.2, 0.25) is 0 Å². The van der Waals surface area contributed by atoms with Crippen molar-refractivity contribution < 1.29 is 9.47 Å². The first-order chi connectivity index (χ1) is 14.8. The number of rotatable bonds is 14. The van der Waals surface area contributed by atoms with E-state index in [9.17, 15) is 0 Å². The summed E-state index contributed by atoms with van der Waals surface area (Å²) in [5, 5.41) is 6.74. The van der Waals surface area contributed by atoms with Crippen LogP contribution in [-0.4, -0.2) is 95.6 Å². The van der Waals surface area contributed by atoms with Gasteiger partial charge in [0.15, 0.2) is 5.96 Å². The van der Waals surface area contributed by atoms with Crippen molar-refractivity contribution in [2.45, 2.75) is 25.8 Å². The molecule has 1 aliphatic heterocycles. The smallest absolute Gasteiger partial charge is 0.190 e. The number of guanidine groups is 1. The second-order valence-corrected chi connectivity index (χ2v) is 7.69. The molecule has 0 atom stereocenters. The fraction of sp³-hybridized carbons (Fsp3) is 0.696. The van der Waals surface area contributed by atoms with Crippen LogP contribution in [-0.2, 0) is 16.0 Å². The van der Waals surface area contributed by atoms with Gasteiger partial charge < -0.3 is 25.0 Å². The van der Waals surface area contributed by atoms with Gasteiger partial charge in [-0.1, -0.05) is 30.3 Å². The van der Waals surface area contributed by atoms with Crippen LogP contribution >= 0.6 is 0 Å². The Balaban J connectivity index is 1.44. The molecule has 1 fully saturated rings. The van der Waals surface area contributed by atoms with Crippen molar-refractivity contribution in [3.63, 3.8) is 0 Å². The minimum atomic E-state index is 0.653. The van der Waals surface area contributed by atoms with E-state index in [1.807, 2.05) is 7.05 Å². The molecule has 2 N–H and O–H groups in total. The number of aliphatic imine (C=N–C) groups is 1. The monoisotopic (exact) mass is 419 g/mol. The van der Waals surface area contributed by atoms with Crippen molar-refractivity contribution >= 4 is 5.96 Å². The summed E-state index contributed by atoms with van der Waals surface area (Å²) in [5.74, 6) is 0.876. The Hall–Kier alpha value is -1.67. The van der Waals surface area contributed by atoms with E-state index < -0.39 is 0 Å². The summed E-state index contributed by atoms with van der Waals surface area (Å²) in [4.78, 5) is 9.44. The van der Waals surface area contributed by atoms with E-state index in [0.29, 0.717) is 13.2 Å². The van der Waals surface area contributed by atoms with Crippen molar-refractivity contribution in [2.75, 3.05) is 79.8 Å². The Morgan fingerprint density at radius 3 is 2.30 bits per heavy atom. The van der Waals surface area contributed by atoms with Gasteiger partial charge in [-0.3, -0.25) is 9.89 Å². The summed E-state index contributed by atoms with van der Waals surface area (Å²) >= 11 is 0. The highest BCUT2D eigenvalue weighted by atomic mass is 16.5. The zero-order valence-corrected chi connectivity index (χ0v) is 18.9. The number of hydrogen-bond acceptors (Lipinski definition) is 5. The first-order valence-electron chi connectivity index (χ1n) is 11.3. The normalized spacial score (nSPS) is 16.0. The highest BCUT2D eigenvalue weighted by molar-refractivity contribution is 5.79. The minimum Gasteiger partial charge on any atom is -0.382 e. The van der Waals surface area contributed by atoms with E-state index in [-0.39, 0.29) is 0 Å². The Bertz CT molecular complexity index is 562. The average molecular weight is 420 g/mol. The summed E-state index contributed by atoms with van der Waals surface area (Å²) < 4.78 is 10.4. The van der Waals surface area contributed by atoms with Crippen LogP contribution < -0.4 is 10.6 Å². The maximum atomic E-state index is 5.46. The van der Waals surface area contributed by atoms with Gasteiger partial charge in [-0.05, 0) is 31.4 Å². The molecule has 0 saturated carbocycles. The third-order valence-electron chi connectivity index (χ3n) is 5.32. The molecule has 1 saturated heterocycles. The highest BCUT2D eigenvalue weighted by Gasteiger charge is 2.16. The van der Waals surface area contributed by atoms with Gasteiger partial charge in [0, 0.05) is 66.6 Å². The molecule has 1 heterocycles. The zero-order chi connectivity index (χ0) is 21.3. The molecule has 0 amide bonds. The molecule has 0 aliphatic carbocycles. The van der Waals surface area contributed by atoms with Crippen molar-refractivity contribution in [3.8, 4) is 0 Å². The van der Waals surface area contributed by atoms with E-state index in [4.69, 9.17) is 9.47 Å². The summed E-state index contributed by atoms with van der Waals surface area (Å²) in [5.41, 5.74) is 1.41. The van der Waals surface area contributed by atoms with Gasteiger partial charge >= 0.3 is 0 Å². The summed E-state index contributed by atoms with van der Waals surface area (Å²) in [6.07, 6.45) is 3.34.